The van der Waals surface area contributed by atoms with E-state index in [0.29, 0.717) is 0 Å². The van der Waals surface area contributed by atoms with Crippen LogP contribution in [-0.2, 0) is 9.59 Å². The Morgan fingerprint density at radius 2 is 1.15 bits per heavy atom. The van der Waals surface area contributed by atoms with Crippen molar-refractivity contribution in [2.45, 2.75) is 11.3 Å². The molecule has 2 aliphatic heterocycles. The maximum absolute atomic E-state index is 11.8. The van der Waals surface area contributed by atoms with Gasteiger partial charge in [0.05, 0.1) is 19.9 Å². The van der Waals surface area contributed by atoms with Gasteiger partial charge in [-0.2, -0.15) is 0 Å². The summed E-state index contributed by atoms with van der Waals surface area (Å²) >= 11 is 0. The third-order valence-electron chi connectivity index (χ3n) is 3.51. The quantitative estimate of drug-likeness (QED) is 0.155. The highest BCUT2D eigenvalue weighted by atomic mass is 16.3. The summed E-state index contributed by atoms with van der Waals surface area (Å²) in [4.78, 5) is 68.9. The zero-order valence-electron chi connectivity index (χ0n) is 13.5. The van der Waals surface area contributed by atoms with Gasteiger partial charge in [-0.3, -0.25) is 20.2 Å². The first-order chi connectivity index (χ1) is 12.7. The molecule has 2 saturated heterocycles. The predicted octanol–water partition coefficient (Wildman–Crippen LogP) is -5.40. The molecule has 16 nitrogen and oxygen atoms in total. The van der Waals surface area contributed by atoms with Crippen LogP contribution in [0.2, 0.25) is 0 Å². The Labute approximate surface area is 149 Å². The summed E-state index contributed by atoms with van der Waals surface area (Å²) < 4.78 is 0. The van der Waals surface area contributed by atoms with E-state index in [1.807, 2.05) is 31.9 Å². The number of nitrogens with one attached hydrogen (secondary N) is 8. The standard InChI is InChI=1S/C11H16N8O8/c20-1-10(4(22)14-8(26)18-10)16-6(24)12-3-13-7(25)17-11(2-21)5(23)15-9(27)19-11/h20-21H,1-3H2,(H2,12,16,24)(H2,13,17,25)(H2,14,18,22,26)(H2,15,19,23,27). The Balaban J connectivity index is 1.82. The number of imide groups is 2. The van der Waals surface area contributed by atoms with Gasteiger partial charge in [0.1, 0.15) is 0 Å². The fraction of sp³-hybridized carbons (Fsp3) is 0.455. The van der Waals surface area contributed by atoms with Crippen LogP contribution in [0.15, 0.2) is 0 Å². The van der Waals surface area contributed by atoms with Gasteiger partial charge in [-0.1, -0.05) is 0 Å². The number of carbonyl (C=O) groups excluding carboxylic acids is 6. The number of aliphatic hydroxyl groups is 2. The molecule has 2 aliphatic rings. The first-order valence-corrected chi connectivity index (χ1v) is 7.27. The molecule has 0 aromatic carbocycles. The molecule has 0 bridgehead atoms. The summed E-state index contributed by atoms with van der Waals surface area (Å²) in [7, 11) is 0. The molecule has 148 valence electrons. The largest absolute Gasteiger partial charge is 0.391 e. The van der Waals surface area contributed by atoms with E-state index in [2.05, 4.69) is 10.6 Å². The van der Waals surface area contributed by atoms with Gasteiger partial charge in [0.15, 0.2) is 0 Å². The summed E-state index contributed by atoms with van der Waals surface area (Å²) in [5, 5.41) is 34.4. The van der Waals surface area contributed by atoms with Crippen LogP contribution in [0.4, 0.5) is 19.2 Å². The SMILES string of the molecule is O=C(NCNC(=O)NC1(CO)NC(=O)NC1=O)NC1(CO)NC(=O)NC1=O. The molecular formula is C11H16N8O8. The molecule has 10 N–H and O–H groups in total. The van der Waals surface area contributed by atoms with Crippen LogP contribution >= 0.6 is 0 Å². The zero-order valence-corrected chi connectivity index (χ0v) is 13.5. The first-order valence-electron chi connectivity index (χ1n) is 7.27. The third kappa shape index (κ3) is 3.96. The summed E-state index contributed by atoms with van der Waals surface area (Å²) in [5.74, 6) is -1.97. The van der Waals surface area contributed by atoms with Crippen molar-refractivity contribution in [1.82, 2.24) is 42.5 Å². The van der Waals surface area contributed by atoms with Crippen LogP contribution in [0.25, 0.3) is 0 Å². The normalized spacial score (nSPS) is 26.4. The first kappa shape index (κ1) is 19.7. The van der Waals surface area contributed by atoms with Gasteiger partial charge in [0.2, 0.25) is 11.3 Å². The third-order valence-corrected chi connectivity index (χ3v) is 3.51. The molecule has 2 rings (SSSR count). The lowest BCUT2D eigenvalue weighted by Gasteiger charge is -2.26. The molecule has 2 fully saturated rings. The minimum atomic E-state index is -2.06. The van der Waals surface area contributed by atoms with Crippen molar-refractivity contribution >= 4 is 35.9 Å². The number of hydrogen-bond acceptors (Lipinski definition) is 8. The van der Waals surface area contributed by atoms with E-state index in [1.54, 1.807) is 0 Å². The monoisotopic (exact) mass is 388 g/mol. The maximum atomic E-state index is 11.8. The molecule has 0 aliphatic carbocycles. The molecule has 0 aromatic rings. The van der Waals surface area contributed by atoms with E-state index in [9.17, 15) is 39.0 Å². The van der Waals surface area contributed by atoms with Crippen LogP contribution in [0.3, 0.4) is 0 Å². The van der Waals surface area contributed by atoms with Crippen LogP contribution in [0, 0.1) is 0 Å². The molecule has 0 saturated carbocycles. The van der Waals surface area contributed by atoms with E-state index in [1.165, 1.54) is 0 Å². The van der Waals surface area contributed by atoms with Crippen molar-refractivity contribution in [1.29, 1.82) is 0 Å². The fourth-order valence-electron chi connectivity index (χ4n) is 2.14. The van der Waals surface area contributed by atoms with Gasteiger partial charge in [-0.25, -0.2) is 19.2 Å². The topological polar surface area (TPSA) is 239 Å². The molecule has 2 atom stereocenters. The average Bonchev–Trinajstić information content (AvgIpc) is 3.03. The van der Waals surface area contributed by atoms with Crippen LogP contribution in [0.5, 0.6) is 0 Å². The van der Waals surface area contributed by atoms with Crippen molar-refractivity contribution in [3.8, 4) is 0 Å². The molecule has 0 aromatic heterocycles. The van der Waals surface area contributed by atoms with E-state index in [0.717, 1.165) is 0 Å². The molecule has 27 heavy (non-hydrogen) atoms. The lowest BCUT2D eigenvalue weighted by molar-refractivity contribution is -0.126. The number of hydrogen-bond donors (Lipinski definition) is 10. The van der Waals surface area contributed by atoms with Crippen molar-refractivity contribution < 1.29 is 39.0 Å². The number of aliphatic hydroxyl groups excluding tert-OH is 2. The zero-order chi connectivity index (χ0) is 20.2. The van der Waals surface area contributed by atoms with E-state index in [-0.39, 0.29) is 0 Å². The maximum Gasteiger partial charge on any atom is 0.323 e. The molecule has 2 heterocycles. The van der Waals surface area contributed by atoms with Crippen LogP contribution < -0.4 is 42.5 Å². The van der Waals surface area contributed by atoms with Gasteiger partial charge >= 0.3 is 24.1 Å². The second-order valence-corrected chi connectivity index (χ2v) is 5.38. The van der Waals surface area contributed by atoms with Crippen molar-refractivity contribution in [2.24, 2.45) is 0 Å². The Bertz CT molecular complexity index is 654. The molecule has 16 heteroatoms. The highest BCUT2D eigenvalue weighted by molar-refractivity contribution is 6.09. The van der Waals surface area contributed by atoms with Crippen LogP contribution in [-0.4, -0.2) is 77.4 Å². The Hall–Kier alpha value is -3.66. The van der Waals surface area contributed by atoms with Gasteiger partial charge in [-0.05, 0) is 0 Å². The van der Waals surface area contributed by atoms with Crippen molar-refractivity contribution in [3.63, 3.8) is 0 Å². The lowest BCUT2D eigenvalue weighted by Crippen LogP contribution is -2.66. The van der Waals surface area contributed by atoms with E-state index < -0.39 is 67.1 Å². The summed E-state index contributed by atoms with van der Waals surface area (Å²) in [6.07, 6.45) is 0. The second kappa shape index (κ2) is 7.30. The van der Waals surface area contributed by atoms with E-state index in [4.69, 9.17) is 0 Å². The molecule has 0 radical (unpaired) electrons. The Morgan fingerprint density at radius 1 is 0.778 bits per heavy atom. The molecule has 2 unspecified atom stereocenters. The minimum absolute atomic E-state index is 0.522. The number of rotatable bonds is 6. The van der Waals surface area contributed by atoms with Gasteiger partial charge in [0, 0.05) is 0 Å². The fourth-order valence-corrected chi connectivity index (χ4v) is 2.14. The second-order valence-electron chi connectivity index (χ2n) is 5.38. The number of carbonyl (C=O) groups is 6. The molecular weight excluding hydrogens is 372 g/mol. The molecule has 10 amide bonds. The predicted molar refractivity (Wildman–Crippen MR) is 81.2 cm³/mol. The average molecular weight is 388 g/mol. The summed E-state index contributed by atoms with van der Waals surface area (Å²) in [6.45, 7) is -2.38. The molecule has 0 spiro atoms. The summed E-state index contributed by atoms with van der Waals surface area (Å²) in [5.41, 5.74) is -4.12. The Kier molecular flexibility index (Phi) is 5.31. The minimum Gasteiger partial charge on any atom is -0.391 e. The van der Waals surface area contributed by atoms with Crippen molar-refractivity contribution in [3.05, 3.63) is 0 Å². The highest BCUT2D eigenvalue weighted by Crippen LogP contribution is 2.06. The lowest BCUT2D eigenvalue weighted by atomic mass is 10.2. The Morgan fingerprint density at radius 3 is 1.41 bits per heavy atom. The smallest absolute Gasteiger partial charge is 0.323 e. The van der Waals surface area contributed by atoms with Crippen molar-refractivity contribution in [2.75, 3.05) is 19.9 Å². The van der Waals surface area contributed by atoms with Gasteiger partial charge in [-0.15, -0.1) is 0 Å². The number of amides is 10. The van der Waals surface area contributed by atoms with Gasteiger partial charge in [0.25, 0.3) is 11.8 Å². The number of urea groups is 4. The highest BCUT2D eigenvalue weighted by Gasteiger charge is 2.48. The van der Waals surface area contributed by atoms with E-state index >= 15 is 0 Å². The van der Waals surface area contributed by atoms with Gasteiger partial charge < -0.3 is 42.1 Å². The summed E-state index contributed by atoms with van der Waals surface area (Å²) in [6, 6.07) is -3.91. The van der Waals surface area contributed by atoms with Crippen LogP contribution in [0.1, 0.15) is 0 Å².